The van der Waals surface area contributed by atoms with Crippen molar-refractivity contribution in [2.24, 2.45) is 5.92 Å². The smallest absolute Gasteiger partial charge is 0.257 e. The molecule has 1 fully saturated rings. The fraction of sp³-hybridized carbons (Fsp3) is 0.429. The molecule has 2 heterocycles. The molecule has 2 aromatic rings. The number of nitrogens with zero attached hydrogens (tertiary/aromatic N) is 2. The summed E-state index contributed by atoms with van der Waals surface area (Å²) in [6.07, 6.45) is 4.27. The number of carbonyl (C=O) groups is 1. The van der Waals surface area contributed by atoms with Gasteiger partial charge in [0.1, 0.15) is 5.82 Å². The number of rotatable bonds is 6. The number of hydrogen-bond donors (Lipinski definition) is 1. The molecule has 0 saturated carbocycles. The van der Waals surface area contributed by atoms with Crippen LogP contribution >= 0.6 is 0 Å². The Bertz CT molecular complexity index is 798. The van der Waals surface area contributed by atoms with E-state index in [2.05, 4.69) is 22.1 Å². The maximum Gasteiger partial charge on any atom is 0.257 e. The van der Waals surface area contributed by atoms with Crippen LogP contribution in [0.5, 0.6) is 17.2 Å². The van der Waals surface area contributed by atoms with Crippen molar-refractivity contribution in [3.63, 3.8) is 0 Å². The molecule has 28 heavy (non-hydrogen) atoms. The number of hydrogen-bond acceptors (Lipinski definition) is 6. The van der Waals surface area contributed by atoms with E-state index in [0.29, 0.717) is 34.5 Å². The van der Waals surface area contributed by atoms with E-state index < -0.39 is 0 Å². The largest absolute Gasteiger partial charge is 0.493 e. The van der Waals surface area contributed by atoms with Crippen LogP contribution in [-0.4, -0.2) is 45.3 Å². The van der Waals surface area contributed by atoms with Gasteiger partial charge >= 0.3 is 0 Å². The van der Waals surface area contributed by atoms with Gasteiger partial charge in [0.05, 0.1) is 33.2 Å². The SMILES string of the molecule is COc1cc(C(=O)Nc2ccc(N3CCCC(C)C3)cn2)cc(OC)c1OC. The zero-order valence-corrected chi connectivity index (χ0v) is 16.8. The van der Waals surface area contributed by atoms with Gasteiger partial charge in [-0.15, -0.1) is 0 Å². The van der Waals surface area contributed by atoms with Crippen LogP contribution in [0.2, 0.25) is 0 Å². The predicted molar refractivity (Wildman–Crippen MR) is 109 cm³/mol. The van der Waals surface area contributed by atoms with E-state index in [-0.39, 0.29) is 5.91 Å². The second-order valence-corrected chi connectivity index (χ2v) is 6.96. The first-order valence-electron chi connectivity index (χ1n) is 9.38. The first-order chi connectivity index (χ1) is 13.5. The fourth-order valence-corrected chi connectivity index (χ4v) is 3.47. The van der Waals surface area contributed by atoms with Gasteiger partial charge < -0.3 is 24.4 Å². The van der Waals surface area contributed by atoms with E-state index in [1.165, 1.54) is 34.2 Å². The van der Waals surface area contributed by atoms with Gasteiger partial charge in [0.2, 0.25) is 5.75 Å². The van der Waals surface area contributed by atoms with Crippen molar-refractivity contribution in [1.82, 2.24) is 4.98 Å². The van der Waals surface area contributed by atoms with E-state index in [1.54, 1.807) is 12.1 Å². The monoisotopic (exact) mass is 385 g/mol. The summed E-state index contributed by atoms with van der Waals surface area (Å²) in [5.74, 6) is 2.18. The summed E-state index contributed by atoms with van der Waals surface area (Å²) < 4.78 is 15.9. The molecule has 3 rings (SSSR count). The average molecular weight is 385 g/mol. The molecule has 1 aliphatic heterocycles. The van der Waals surface area contributed by atoms with Crippen molar-refractivity contribution in [1.29, 1.82) is 0 Å². The Labute approximate surface area is 165 Å². The van der Waals surface area contributed by atoms with Crippen LogP contribution in [-0.2, 0) is 0 Å². The number of piperidine rings is 1. The number of benzene rings is 1. The van der Waals surface area contributed by atoms with Crippen molar-refractivity contribution < 1.29 is 19.0 Å². The molecule has 1 aromatic carbocycles. The minimum Gasteiger partial charge on any atom is -0.493 e. The lowest BCUT2D eigenvalue weighted by molar-refractivity contribution is 0.102. The van der Waals surface area contributed by atoms with Gasteiger partial charge in [0.15, 0.2) is 11.5 Å². The molecule has 0 bridgehead atoms. The summed E-state index contributed by atoms with van der Waals surface area (Å²) in [6, 6.07) is 7.04. The number of amides is 1. The zero-order chi connectivity index (χ0) is 20.1. The van der Waals surface area contributed by atoms with Gasteiger partial charge in [-0.1, -0.05) is 6.92 Å². The Hall–Kier alpha value is -2.96. The van der Waals surface area contributed by atoms with E-state index in [9.17, 15) is 4.79 Å². The molecule has 0 aliphatic carbocycles. The number of pyridine rings is 1. The summed E-state index contributed by atoms with van der Waals surface area (Å²) >= 11 is 0. The lowest BCUT2D eigenvalue weighted by Crippen LogP contribution is -2.34. The summed E-state index contributed by atoms with van der Waals surface area (Å²) in [5, 5.41) is 2.82. The molecule has 150 valence electrons. The highest BCUT2D eigenvalue weighted by Gasteiger charge is 2.19. The number of methoxy groups -OCH3 is 3. The summed E-state index contributed by atoms with van der Waals surface area (Å²) in [7, 11) is 4.55. The molecule has 1 amide bonds. The molecule has 1 unspecified atom stereocenters. The number of ether oxygens (including phenoxy) is 3. The van der Waals surface area contributed by atoms with Crippen molar-refractivity contribution >= 4 is 17.4 Å². The van der Waals surface area contributed by atoms with E-state index >= 15 is 0 Å². The number of carbonyl (C=O) groups excluding carboxylic acids is 1. The van der Waals surface area contributed by atoms with Crippen LogP contribution in [0, 0.1) is 5.92 Å². The van der Waals surface area contributed by atoms with Gasteiger partial charge in [-0.2, -0.15) is 0 Å². The normalized spacial score (nSPS) is 16.4. The number of anilines is 2. The molecule has 1 aromatic heterocycles. The third-order valence-corrected chi connectivity index (χ3v) is 4.94. The molecule has 7 heteroatoms. The van der Waals surface area contributed by atoms with Crippen LogP contribution in [0.1, 0.15) is 30.1 Å². The molecule has 1 atom stereocenters. The Morgan fingerprint density at radius 2 is 1.86 bits per heavy atom. The highest BCUT2D eigenvalue weighted by Crippen LogP contribution is 2.38. The predicted octanol–water partition coefficient (Wildman–Crippen LogP) is 3.60. The van der Waals surface area contributed by atoms with Crippen molar-refractivity contribution in [2.45, 2.75) is 19.8 Å². The zero-order valence-electron chi connectivity index (χ0n) is 16.8. The van der Waals surface area contributed by atoms with Crippen LogP contribution in [0.15, 0.2) is 30.5 Å². The Balaban J connectivity index is 1.74. The number of nitrogens with one attached hydrogen (secondary N) is 1. The summed E-state index contributed by atoms with van der Waals surface area (Å²) in [6.45, 7) is 4.35. The fourth-order valence-electron chi connectivity index (χ4n) is 3.47. The van der Waals surface area contributed by atoms with Crippen LogP contribution < -0.4 is 24.4 Å². The summed E-state index contributed by atoms with van der Waals surface area (Å²) in [4.78, 5) is 19.4. The molecule has 1 N–H and O–H groups in total. The molecular formula is C21H27N3O4. The third kappa shape index (κ3) is 4.30. The topological polar surface area (TPSA) is 72.9 Å². The third-order valence-electron chi connectivity index (χ3n) is 4.94. The molecule has 1 aliphatic rings. The van der Waals surface area contributed by atoms with Gasteiger partial charge in [0.25, 0.3) is 5.91 Å². The van der Waals surface area contributed by atoms with Crippen LogP contribution in [0.25, 0.3) is 0 Å². The molecule has 0 spiro atoms. The van der Waals surface area contributed by atoms with E-state index in [1.807, 2.05) is 18.3 Å². The lowest BCUT2D eigenvalue weighted by Gasteiger charge is -2.32. The van der Waals surface area contributed by atoms with Crippen LogP contribution in [0.4, 0.5) is 11.5 Å². The Kier molecular flexibility index (Phi) is 6.23. The van der Waals surface area contributed by atoms with Crippen molar-refractivity contribution in [3.8, 4) is 17.2 Å². The van der Waals surface area contributed by atoms with Crippen molar-refractivity contribution in [2.75, 3.05) is 44.6 Å². The highest BCUT2D eigenvalue weighted by atomic mass is 16.5. The maximum absolute atomic E-state index is 12.7. The average Bonchev–Trinajstić information content (AvgIpc) is 2.73. The van der Waals surface area contributed by atoms with E-state index in [4.69, 9.17) is 14.2 Å². The first-order valence-corrected chi connectivity index (χ1v) is 9.38. The molecule has 1 saturated heterocycles. The standard InChI is InChI=1S/C21H27N3O4/c1-14-6-5-9-24(13-14)16-7-8-19(22-12-16)23-21(25)15-10-17(26-2)20(28-4)18(11-15)27-3/h7-8,10-12,14H,5-6,9,13H2,1-4H3,(H,22,23,25). The second kappa shape index (κ2) is 8.82. The van der Waals surface area contributed by atoms with Crippen molar-refractivity contribution in [3.05, 3.63) is 36.0 Å². The van der Waals surface area contributed by atoms with Gasteiger partial charge in [-0.3, -0.25) is 4.79 Å². The minimum absolute atomic E-state index is 0.300. The van der Waals surface area contributed by atoms with Gasteiger partial charge in [-0.25, -0.2) is 4.98 Å². The molecule has 7 nitrogen and oxygen atoms in total. The van der Waals surface area contributed by atoms with E-state index in [0.717, 1.165) is 18.8 Å². The Morgan fingerprint density at radius 3 is 2.39 bits per heavy atom. The molecular weight excluding hydrogens is 358 g/mol. The summed E-state index contributed by atoms with van der Waals surface area (Å²) in [5.41, 5.74) is 1.47. The number of aromatic nitrogens is 1. The highest BCUT2D eigenvalue weighted by molar-refractivity contribution is 6.04. The second-order valence-electron chi connectivity index (χ2n) is 6.96. The first kappa shape index (κ1) is 19.8. The quantitative estimate of drug-likeness (QED) is 0.819. The minimum atomic E-state index is -0.300. The molecule has 0 radical (unpaired) electrons. The van der Waals surface area contributed by atoms with Gasteiger partial charge in [-0.05, 0) is 43.0 Å². The lowest BCUT2D eigenvalue weighted by atomic mass is 10.00. The maximum atomic E-state index is 12.7. The van der Waals surface area contributed by atoms with Gasteiger partial charge in [0, 0.05) is 18.7 Å². The van der Waals surface area contributed by atoms with Crippen LogP contribution in [0.3, 0.4) is 0 Å². The Morgan fingerprint density at radius 1 is 1.14 bits per heavy atom.